The molecule has 4 aromatic carbocycles. The monoisotopic (exact) mass is 537 g/mol. The van der Waals surface area contributed by atoms with Gasteiger partial charge in [0.05, 0.1) is 18.3 Å². The van der Waals surface area contributed by atoms with Crippen LogP contribution < -0.4 is 4.90 Å². The fraction of sp³-hybridized carbons (Fsp3) is 0.152. The number of rotatable bonds is 5. The zero-order valence-corrected chi connectivity index (χ0v) is 22.2. The Morgan fingerprint density at radius 3 is 2.12 bits per heavy atom. The van der Waals surface area contributed by atoms with Gasteiger partial charge in [0.1, 0.15) is 29.3 Å². The van der Waals surface area contributed by atoms with Crippen LogP contribution in [0.3, 0.4) is 0 Å². The van der Waals surface area contributed by atoms with Crippen LogP contribution in [0.15, 0.2) is 108 Å². The third-order valence-corrected chi connectivity index (χ3v) is 6.49. The van der Waals surface area contributed by atoms with E-state index in [0.717, 1.165) is 11.1 Å². The second kappa shape index (κ2) is 11.9. The maximum absolute atomic E-state index is 13.6. The highest BCUT2D eigenvalue weighted by molar-refractivity contribution is 6.12. The molecule has 0 N–H and O–H groups in total. The Hall–Kier alpha value is -4.91. The number of benzene rings is 4. The van der Waals surface area contributed by atoms with Crippen LogP contribution in [0.25, 0.3) is 33.4 Å². The van der Waals surface area contributed by atoms with Crippen LogP contribution in [0, 0.1) is 5.82 Å². The molecule has 1 saturated heterocycles. The normalized spacial score (nSPS) is 14.4. The molecule has 1 aromatic heterocycles. The van der Waals surface area contributed by atoms with Gasteiger partial charge in [0.2, 0.25) is 0 Å². The average Bonchev–Trinajstić information content (AvgIpc) is 3.53. The number of hydrogen-bond acceptors (Lipinski definition) is 5. The van der Waals surface area contributed by atoms with Crippen molar-refractivity contribution in [2.45, 2.75) is 19.9 Å². The van der Waals surface area contributed by atoms with Crippen molar-refractivity contribution in [1.82, 2.24) is 0 Å². The van der Waals surface area contributed by atoms with Crippen LogP contribution in [0.1, 0.15) is 24.2 Å². The van der Waals surface area contributed by atoms with E-state index in [1.54, 1.807) is 30.0 Å². The first-order valence-electron chi connectivity index (χ1n) is 13.0. The quantitative estimate of drug-likeness (QED) is 0.212. The summed E-state index contributed by atoms with van der Waals surface area (Å²) in [5.41, 5.74) is 3.43. The molecule has 6 nitrogen and oxygen atoms in total. The van der Waals surface area contributed by atoms with Gasteiger partial charge in [0, 0.05) is 22.6 Å². The molecule has 7 heteroatoms. The van der Waals surface area contributed by atoms with Gasteiger partial charge in [-0.1, -0.05) is 66.7 Å². The predicted octanol–water partition coefficient (Wildman–Crippen LogP) is 8.11. The number of cyclic esters (lactones) is 1. The van der Waals surface area contributed by atoms with Gasteiger partial charge < -0.3 is 13.9 Å². The number of ether oxygens (including phenoxy) is 2. The maximum atomic E-state index is 13.6. The van der Waals surface area contributed by atoms with Crippen LogP contribution in [0.5, 0.6) is 0 Å². The largest absolute Gasteiger partial charge is 0.462 e. The fourth-order valence-corrected chi connectivity index (χ4v) is 4.63. The predicted molar refractivity (Wildman–Crippen MR) is 153 cm³/mol. The zero-order valence-electron chi connectivity index (χ0n) is 22.2. The second-order valence-electron chi connectivity index (χ2n) is 9.22. The van der Waals surface area contributed by atoms with Crippen molar-refractivity contribution in [3.05, 3.63) is 115 Å². The van der Waals surface area contributed by atoms with E-state index in [0.29, 0.717) is 22.2 Å². The van der Waals surface area contributed by atoms with Crippen molar-refractivity contribution >= 4 is 28.7 Å². The number of anilines is 1. The molecule has 5 aromatic rings. The van der Waals surface area contributed by atoms with Crippen LogP contribution in [-0.4, -0.2) is 31.3 Å². The molecule has 1 aliphatic heterocycles. The molecule has 0 bridgehead atoms. The summed E-state index contributed by atoms with van der Waals surface area (Å²) in [7, 11) is 0. The number of furan rings is 1. The fourth-order valence-electron chi connectivity index (χ4n) is 4.63. The number of nitrogens with zero attached hydrogens (tertiary/aromatic N) is 1. The number of esters is 1. The highest BCUT2D eigenvalue weighted by atomic mass is 19.1. The second-order valence-corrected chi connectivity index (χ2v) is 9.22. The molecule has 0 radical (unpaired) electrons. The highest BCUT2D eigenvalue weighted by Crippen LogP contribution is 2.42. The lowest BCUT2D eigenvalue weighted by Gasteiger charge is -2.22. The van der Waals surface area contributed by atoms with Crippen LogP contribution in [0.4, 0.5) is 14.9 Å². The third-order valence-electron chi connectivity index (χ3n) is 6.49. The van der Waals surface area contributed by atoms with Crippen molar-refractivity contribution in [3.63, 3.8) is 0 Å². The molecule has 1 fully saturated rings. The Morgan fingerprint density at radius 1 is 0.925 bits per heavy atom. The van der Waals surface area contributed by atoms with Gasteiger partial charge in [-0.3, -0.25) is 4.90 Å². The molecule has 0 spiro atoms. The van der Waals surface area contributed by atoms with Crippen molar-refractivity contribution in [1.29, 1.82) is 0 Å². The topological polar surface area (TPSA) is 69.0 Å². The molecule has 0 saturated carbocycles. The Kier molecular flexibility index (Phi) is 7.92. The molecule has 202 valence electrons. The van der Waals surface area contributed by atoms with Crippen molar-refractivity contribution in [2.24, 2.45) is 0 Å². The number of carbonyl (C=O) groups excluding carboxylic acids is 2. The minimum atomic E-state index is -0.540. The Labute approximate surface area is 231 Å². The molecule has 0 aliphatic carbocycles. The summed E-state index contributed by atoms with van der Waals surface area (Å²) in [5, 5.41) is 0.542. The van der Waals surface area contributed by atoms with Crippen LogP contribution in [-0.2, 0) is 9.47 Å². The van der Waals surface area contributed by atoms with Gasteiger partial charge in [-0.05, 0) is 49.7 Å². The van der Waals surface area contributed by atoms with E-state index in [4.69, 9.17) is 13.9 Å². The molecule has 1 atom stereocenters. The molecule has 6 rings (SSSR count). The Bertz CT molecular complexity index is 1590. The SMILES string of the molecule is CCOC(=O)c1c(-c2ccc(F)cc2)oc2cc(N3C(=O)OC[C@@H]3C)c(-c3ccccc3)cc12.c1ccccc1. The summed E-state index contributed by atoms with van der Waals surface area (Å²) >= 11 is 0. The summed E-state index contributed by atoms with van der Waals surface area (Å²) < 4.78 is 30.3. The molecule has 0 unspecified atom stereocenters. The number of amides is 1. The summed E-state index contributed by atoms with van der Waals surface area (Å²) in [6.45, 7) is 4.10. The van der Waals surface area contributed by atoms with Crippen molar-refractivity contribution in [2.75, 3.05) is 18.1 Å². The molecule has 1 aliphatic rings. The van der Waals surface area contributed by atoms with Gasteiger partial charge >= 0.3 is 12.1 Å². The molecule has 1 amide bonds. The summed E-state index contributed by atoms with van der Waals surface area (Å²) in [6, 6.07) is 30.7. The molecule has 2 heterocycles. The van der Waals surface area contributed by atoms with Crippen LogP contribution in [0.2, 0.25) is 0 Å². The standard InChI is InChI=1S/C27H22FNO5.C6H6/c1-3-32-26(30)24-21-13-20(17-7-5-4-6-8-17)22(29-16(2)15-33-27(29)31)14-23(21)34-25(24)18-9-11-19(28)12-10-18;1-2-4-6-5-3-1/h4-14,16H,3,15H2,1-2H3;1-6H/t16-;/m0./s1. The van der Waals surface area contributed by atoms with Gasteiger partial charge in [0.15, 0.2) is 0 Å². The maximum Gasteiger partial charge on any atom is 0.414 e. The van der Waals surface area contributed by atoms with Gasteiger partial charge in [-0.15, -0.1) is 0 Å². The van der Waals surface area contributed by atoms with Crippen molar-refractivity contribution in [3.8, 4) is 22.5 Å². The molecular weight excluding hydrogens is 509 g/mol. The third kappa shape index (κ3) is 5.45. The van der Waals surface area contributed by atoms with E-state index in [1.807, 2.05) is 79.7 Å². The number of carbonyl (C=O) groups is 2. The number of hydrogen-bond donors (Lipinski definition) is 0. The van der Waals surface area contributed by atoms with E-state index in [1.165, 1.54) is 12.1 Å². The lowest BCUT2D eigenvalue weighted by atomic mass is 9.98. The van der Waals surface area contributed by atoms with Crippen molar-refractivity contribution < 1.29 is 27.9 Å². The minimum Gasteiger partial charge on any atom is -0.462 e. The van der Waals surface area contributed by atoms with Gasteiger partial charge in [-0.2, -0.15) is 0 Å². The Balaban J connectivity index is 0.000000477. The van der Waals surface area contributed by atoms with Crippen LogP contribution >= 0.6 is 0 Å². The summed E-state index contributed by atoms with van der Waals surface area (Å²) in [4.78, 5) is 27.2. The first-order valence-corrected chi connectivity index (χ1v) is 13.0. The minimum absolute atomic E-state index is 0.177. The Morgan fingerprint density at radius 2 is 1.55 bits per heavy atom. The first-order chi connectivity index (χ1) is 19.5. The summed E-state index contributed by atoms with van der Waals surface area (Å²) in [5.74, 6) is -0.657. The lowest BCUT2D eigenvalue weighted by Crippen LogP contribution is -2.31. The smallest absolute Gasteiger partial charge is 0.414 e. The average molecular weight is 538 g/mol. The van der Waals surface area contributed by atoms with E-state index in [2.05, 4.69) is 0 Å². The molecule has 40 heavy (non-hydrogen) atoms. The zero-order chi connectivity index (χ0) is 28.1. The van der Waals surface area contributed by atoms with E-state index >= 15 is 0 Å². The van der Waals surface area contributed by atoms with E-state index in [-0.39, 0.29) is 30.6 Å². The van der Waals surface area contributed by atoms with Gasteiger partial charge in [0.25, 0.3) is 0 Å². The first kappa shape index (κ1) is 26.7. The number of halogens is 1. The number of fused-ring (bicyclic) bond motifs is 1. The highest BCUT2D eigenvalue weighted by Gasteiger charge is 2.34. The summed E-state index contributed by atoms with van der Waals surface area (Å²) in [6.07, 6.45) is -0.444. The van der Waals surface area contributed by atoms with E-state index < -0.39 is 17.9 Å². The molecular formula is C33H28FNO5. The van der Waals surface area contributed by atoms with E-state index in [9.17, 15) is 14.0 Å². The van der Waals surface area contributed by atoms with Gasteiger partial charge in [-0.25, -0.2) is 14.0 Å². The lowest BCUT2D eigenvalue weighted by molar-refractivity contribution is 0.0528.